The van der Waals surface area contributed by atoms with Crippen molar-refractivity contribution in [1.29, 1.82) is 0 Å². The number of nitrogens with two attached hydrogens (primary N) is 1. The van der Waals surface area contributed by atoms with Crippen molar-refractivity contribution in [1.82, 2.24) is 15.0 Å². The number of fused-ring (bicyclic) bond motifs is 2. The van der Waals surface area contributed by atoms with E-state index in [4.69, 9.17) is 0 Å². The van der Waals surface area contributed by atoms with Crippen molar-refractivity contribution in [2.24, 2.45) is 11.7 Å². The summed E-state index contributed by atoms with van der Waals surface area (Å²) in [4.78, 5) is 13.8. The number of hydrogen-bond acceptors (Lipinski definition) is 5. The molecule has 0 radical (unpaired) electrons. The Kier molecular flexibility index (Phi) is 4.39. The lowest BCUT2D eigenvalue weighted by molar-refractivity contribution is 0.536. The number of hydrogen-bond donors (Lipinski definition) is 1. The van der Waals surface area contributed by atoms with Crippen LogP contribution in [0.5, 0.6) is 0 Å². The standard InChI is InChI=1S/C15H16F2N4.CH5N/c1-8-12(16)13-10(7-18-8)14(20-15(17)19-13)21-5-3-2-4-9-6-11(9)21;1-2/h7,9,11H,2-6H2,1H3;2H2,1H3. The van der Waals surface area contributed by atoms with Crippen LogP contribution in [-0.2, 0) is 0 Å². The van der Waals surface area contributed by atoms with Gasteiger partial charge in [0.25, 0.3) is 0 Å². The number of nitrogens with zero attached hydrogens (tertiary/aromatic N) is 4. The number of aryl methyl sites for hydroxylation is 1. The summed E-state index contributed by atoms with van der Waals surface area (Å²) in [5.74, 6) is 0.611. The third-order valence-electron chi connectivity index (χ3n) is 4.59. The highest BCUT2D eigenvalue weighted by atomic mass is 19.1. The van der Waals surface area contributed by atoms with Crippen molar-refractivity contribution in [2.45, 2.75) is 38.6 Å². The molecule has 0 spiro atoms. The Labute approximate surface area is 133 Å². The van der Waals surface area contributed by atoms with Crippen LogP contribution in [0.25, 0.3) is 10.9 Å². The van der Waals surface area contributed by atoms with Crippen LogP contribution >= 0.6 is 0 Å². The quantitative estimate of drug-likeness (QED) is 0.818. The largest absolute Gasteiger partial charge is 0.353 e. The molecule has 0 aromatic carbocycles. The van der Waals surface area contributed by atoms with E-state index >= 15 is 0 Å². The summed E-state index contributed by atoms with van der Waals surface area (Å²) in [5.41, 5.74) is 4.76. The summed E-state index contributed by atoms with van der Waals surface area (Å²) in [6, 6.07) is 0.411. The Balaban J connectivity index is 0.000000753. The Morgan fingerprint density at radius 1 is 1.22 bits per heavy atom. The van der Waals surface area contributed by atoms with E-state index in [2.05, 4.69) is 25.6 Å². The van der Waals surface area contributed by atoms with E-state index in [0.717, 1.165) is 19.4 Å². The minimum absolute atomic E-state index is 0.0337. The van der Waals surface area contributed by atoms with Gasteiger partial charge in [-0.25, -0.2) is 4.39 Å². The second kappa shape index (κ2) is 6.31. The molecule has 2 atom stereocenters. The average molecular weight is 321 g/mol. The SMILES string of the molecule is CN.Cc1ncc2c(N3CCCCC4CC43)nc(F)nc2c1F. The molecular formula is C16H21F2N5. The minimum Gasteiger partial charge on any atom is -0.353 e. The molecule has 1 saturated heterocycles. The lowest BCUT2D eigenvalue weighted by Gasteiger charge is -2.24. The van der Waals surface area contributed by atoms with E-state index < -0.39 is 11.9 Å². The molecule has 2 N–H and O–H groups in total. The van der Waals surface area contributed by atoms with Gasteiger partial charge in [0.15, 0.2) is 5.82 Å². The van der Waals surface area contributed by atoms with Crippen molar-refractivity contribution < 1.29 is 8.78 Å². The first-order valence-electron chi connectivity index (χ1n) is 7.98. The van der Waals surface area contributed by atoms with Crippen LogP contribution in [-0.4, -0.2) is 34.6 Å². The zero-order valence-electron chi connectivity index (χ0n) is 13.4. The molecule has 3 heterocycles. The highest BCUT2D eigenvalue weighted by Gasteiger charge is 2.43. The van der Waals surface area contributed by atoms with Gasteiger partial charge < -0.3 is 10.6 Å². The third-order valence-corrected chi connectivity index (χ3v) is 4.59. The van der Waals surface area contributed by atoms with Gasteiger partial charge in [0.05, 0.1) is 11.1 Å². The van der Waals surface area contributed by atoms with Crippen molar-refractivity contribution in [3.63, 3.8) is 0 Å². The number of aromatic nitrogens is 3. The topological polar surface area (TPSA) is 67.9 Å². The fraction of sp³-hybridized carbons (Fsp3) is 0.562. The van der Waals surface area contributed by atoms with Crippen molar-refractivity contribution in [3.8, 4) is 0 Å². The molecular weight excluding hydrogens is 300 g/mol. The number of anilines is 1. The van der Waals surface area contributed by atoms with Crippen LogP contribution in [0.15, 0.2) is 6.20 Å². The molecule has 0 bridgehead atoms. The first-order chi connectivity index (χ1) is 11.1. The predicted octanol–water partition coefficient (Wildman–Crippen LogP) is 2.57. The maximum Gasteiger partial charge on any atom is 0.311 e. The summed E-state index contributed by atoms with van der Waals surface area (Å²) in [7, 11) is 1.50. The Morgan fingerprint density at radius 3 is 2.78 bits per heavy atom. The second-order valence-electron chi connectivity index (χ2n) is 5.99. The molecule has 4 rings (SSSR count). The van der Waals surface area contributed by atoms with Gasteiger partial charge >= 0.3 is 6.08 Å². The Bertz CT molecular complexity index is 721. The van der Waals surface area contributed by atoms with Crippen LogP contribution in [0, 0.1) is 24.7 Å². The summed E-state index contributed by atoms with van der Waals surface area (Å²) < 4.78 is 27.9. The molecule has 1 saturated carbocycles. The lowest BCUT2D eigenvalue weighted by atomic mass is 10.2. The van der Waals surface area contributed by atoms with E-state index in [9.17, 15) is 8.78 Å². The van der Waals surface area contributed by atoms with Crippen LogP contribution in [0.4, 0.5) is 14.6 Å². The summed E-state index contributed by atoms with van der Waals surface area (Å²) in [6.45, 7) is 2.39. The third kappa shape index (κ3) is 2.85. The van der Waals surface area contributed by atoms with Gasteiger partial charge in [0, 0.05) is 18.8 Å². The van der Waals surface area contributed by atoms with Crippen molar-refractivity contribution in [3.05, 3.63) is 23.8 Å². The first kappa shape index (κ1) is 16.0. The fourth-order valence-corrected chi connectivity index (χ4v) is 3.37. The highest BCUT2D eigenvalue weighted by molar-refractivity contribution is 5.89. The zero-order chi connectivity index (χ0) is 16.6. The molecule has 124 valence electrons. The average Bonchev–Trinajstić information content (AvgIpc) is 3.32. The predicted molar refractivity (Wildman–Crippen MR) is 85.2 cm³/mol. The van der Waals surface area contributed by atoms with Gasteiger partial charge in [-0.2, -0.15) is 14.4 Å². The van der Waals surface area contributed by atoms with E-state index in [1.165, 1.54) is 19.9 Å². The molecule has 0 amide bonds. The molecule has 2 unspecified atom stereocenters. The fourth-order valence-electron chi connectivity index (χ4n) is 3.37. The molecule has 2 aromatic heterocycles. The van der Waals surface area contributed by atoms with E-state index in [-0.39, 0.29) is 11.2 Å². The summed E-state index contributed by atoms with van der Waals surface area (Å²) in [6.07, 6.45) is 5.28. The molecule has 1 aliphatic carbocycles. The summed E-state index contributed by atoms with van der Waals surface area (Å²) >= 11 is 0. The monoisotopic (exact) mass is 321 g/mol. The van der Waals surface area contributed by atoms with Gasteiger partial charge in [-0.1, -0.05) is 6.42 Å². The number of halogens is 2. The van der Waals surface area contributed by atoms with Crippen LogP contribution in [0.3, 0.4) is 0 Å². The zero-order valence-corrected chi connectivity index (χ0v) is 13.4. The van der Waals surface area contributed by atoms with Crippen LogP contribution < -0.4 is 10.6 Å². The highest BCUT2D eigenvalue weighted by Crippen LogP contribution is 2.44. The number of rotatable bonds is 1. The van der Waals surface area contributed by atoms with E-state index in [0.29, 0.717) is 23.2 Å². The van der Waals surface area contributed by atoms with Gasteiger partial charge in [-0.15, -0.1) is 0 Å². The normalized spacial score (nSPS) is 22.9. The molecule has 5 nitrogen and oxygen atoms in total. The lowest BCUT2D eigenvalue weighted by Crippen LogP contribution is -2.28. The molecule has 2 aromatic rings. The Hall–Kier alpha value is -1.89. The molecule has 7 heteroatoms. The van der Waals surface area contributed by atoms with E-state index in [1.807, 2.05) is 0 Å². The number of pyridine rings is 1. The maximum atomic E-state index is 14.2. The minimum atomic E-state index is -0.872. The van der Waals surface area contributed by atoms with Crippen molar-refractivity contribution in [2.75, 3.05) is 18.5 Å². The molecule has 23 heavy (non-hydrogen) atoms. The van der Waals surface area contributed by atoms with E-state index in [1.54, 1.807) is 13.1 Å². The Morgan fingerprint density at radius 2 is 2.00 bits per heavy atom. The maximum absolute atomic E-state index is 14.2. The van der Waals surface area contributed by atoms with Gasteiger partial charge in [-0.05, 0) is 39.2 Å². The van der Waals surface area contributed by atoms with Crippen LogP contribution in [0.2, 0.25) is 0 Å². The van der Waals surface area contributed by atoms with Gasteiger partial charge in [-0.3, -0.25) is 4.98 Å². The van der Waals surface area contributed by atoms with Gasteiger partial charge in [0.1, 0.15) is 11.3 Å². The van der Waals surface area contributed by atoms with Crippen molar-refractivity contribution >= 4 is 16.7 Å². The second-order valence-corrected chi connectivity index (χ2v) is 5.99. The van der Waals surface area contributed by atoms with Crippen LogP contribution in [0.1, 0.15) is 31.4 Å². The smallest absolute Gasteiger partial charge is 0.311 e. The summed E-state index contributed by atoms with van der Waals surface area (Å²) in [5, 5.41) is 0.507. The van der Waals surface area contributed by atoms with Gasteiger partial charge in [0.2, 0.25) is 0 Å². The molecule has 1 aliphatic heterocycles. The molecule has 2 aliphatic rings. The first-order valence-corrected chi connectivity index (χ1v) is 7.98. The molecule has 2 fully saturated rings.